The number of nitrogens with one attached hydrogen (secondary N) is 1. The summed E-state index contributed by atoms with van der Waals surface area (Å²) in [6.07, 6.45) is 3.58. The van der Waals surface area contributed by atoms with Crippen molar-refractivity contribution in [3.05, 3.63) is 17.3 Å². The van der Waals surface area contributed by atoms with Gasteiger partial charge in [-0.15, -0.1) is 11.3 Å². The highest BCUT2D eigenvalue weighted by Crippen LogP contribution is 2.30. The molecule has 5 heteroatoms. The largest absolute Gasteiger partial charge is 0.363 e. The van der Waals surface area contributed by atoms with E-state index >= 15 is 0 Å². The van der Waals surface area contributed by atoms with Crippen molar-refractivity contribution in [1.29, 1.82) is 0 Å². The van der Waals surface area contributed by atoms with Crippen molar-refractivity contribution in [3.63, 3.8) is 0 Å². The first-order chi connectivity index (χ1) is 8.64. The SMILES string of the molecule is CCC(CC)(CN)Nc1ncnc2sc(C)cc12. The molecule has 3 N–H and O–H groups in total. The molecule has 2 aromatic rings. The van der Waals surface area contributed by atoms with Gasteiger partial charge < -0.3 is 11.1 Å². The Morgan fingerprint density at radius 2 is 2.06 bits per heavy atom. The van der Waals surface area contributed by atoms with Crippen LogP contribution in [0, 0.1) is 6.92 Å². The predicted octanol–water partition coefficient (Wildman–Crippen LogP) is 2.93. The molecule has 2 aromatic heterocycles. The molecule has 0 aliphatic heterocycles. The number of hydrogen-bond donors (Lipinski definition) is 2. The number of rotatable bonds is 5. The van der Waals surface area contributed by atoms with Crippen molar-refractivity contribution in [2.45, 2.75) is 39.2 Å². The molecule has 0 atom stereocenters. The zero-order valence-electron chi connectivity index (χ0n) is 11.2. The summed E-state index contributed by atoms with van der Waals surface area (Å²) in [5, 5.41) is 4.63. The van der Waals surface area contributed by atoms with Crippen molar-refractivity contribution in [1.82, 2.24) is 9.97 Å². The zero-order valence-corrected chi connectivity index (χ0v) is 12.0. The molecule has 18 heavy (non-hydrogen) atoms. The Morgan fingerprint density at radius 1 is 1.33 bits per heavy atom. The van der Waals surface area contributed by atoms with Crippen LogP contribution in [0.15, 0.2) is 12.4 Å². The molecule has 0 aliphatic rings. The van der Waals surface area contributed by atoms with Gasteiger partial charge in [-0.1, -0.05) is 13.8 Å². The Balaban J connectivity index is 2.42. The third-order valence-electron chi connectivity index (χ3n) is 3.58. The number of aryl methyl sites for hydroxylation is 1. The van der Waals surface area contributed by atoms with Crippen LogP contribution in [0.25, 0.3) is 10.2 Å². The summed E-state index contributed by atoms with van der Waals surface area (Å²) in [6.45, 7) is 7.00. The average molecular weight is 264 g/mol. The van der Waals surface area contributed by atoms with Gasteiger partial charge in [0, 0.05) is 11.4 Å². The molecule has 0 saturated carbocycles. The molecule has 98 valence electrons. The van der Waals surface area contributed by atoms with E-state index in [9.17, 15) is 0 Å². The van der Waals surface area contributed by atoms with Gasteiger partial charge in [0.05, 0.1) is 10.9 Å². The Kier molecular flexibility index (Phi) is 3.82. The first-order valence-corrected chi connectivity index (χ1v) is 7.15. The average Bonchev–Trinajstić information content (AvgIpc) is 2.77. The molecular formula is C13H20N4S. The van der Waals surface area contributed by atoms with Gasteiger partial charge in [0.2, 0.25) is 0 Å². The second-order valence-electron chi connectivity index (χ2n) is 4.61. The fraction of sp³-hybridized carbons (Fsp3) is 0.538. The molecule has 4 nitrogen and oxygen atoms in total. The molecule has 0 unspecified atom stereocenters. The van der Waals surface area contributed by atoms with E-state index in [0.29, 0.717) is 6.54 Å². The van der Waals surface area contributed by atoms with E-state index in [0.717, 1.165) is 28.9 Å². The monoisotopic (exact) mass is 264 g/mol. The highest BCUT2D eigenvalue weighted by molar-refractivity contribution is 7.18. The van der Waals surface area contributed by atoms with Crippen LogP contribution in [-0.2, 0) is 0 Å². The predicted molar refractivity (Wildman–Crippen MR) is 78.1 cm³/mol. The molecule has 0 fully saturated rings. The normalized spacial score (nSPS) is 12.0. The number of hydrogen-bond acceptors (Lipinski definition) is 5. The molecule has 0 bridgehead atoms. The van der Waals surface area contributed by atoms with Crippen molar-refractivity contribution in [2.75, 3.05) is 11.9 Å². The van der Waals surface area contributed by atoms with Crippen LogP contribution in [0.2, 0.25) is 0 Å². The maximum Gasteiger partial charge on any atom is 0.138 e. The van der Waals surface area contributed by atoms with E-state index in [2.05, 4.69) is 42.1 Å². The van der Waals surface area contributed by atoms with E-state index in [-0.39, 0.29) is 5.54 Å². The third-order valence-corrected chi connectivity index (χ3v) is 4.54. The lowest BCUT2D eigenvalue weighted by molar-refractivity contribution is 0.444. The van der Waals surface area contributed by atoms with Crippen LogP contribution in [0.5, 0.6) is 0 Å². The van der Waals surface area contributed by atoms with Gasteiger partial charge >= 0.3 is 0 Å². The van der Waals surface area contributed by atoms with Crippen molar-refractivity contribution >= 4 is 27.4 Å². The molecular weight excluding hydrogens is 244 g/mol. The number of anilines is 1. The van der Waals surface area contributed by atoms with Crippen LogP contribution < -0.4 is 11.1 Å². The van der Waals surface area contributed by atoms with Gasteiger partial charge in [-0.3, -0.25) is 0 Å². The summed E-state index contributed by atoms with van der Waals surface area (Å²) in [7, 11) is 0. The molecule has 0 spiro atoms. The molecule has 0 aliphatic carbocycles. The van der Waals surface area contributed by atoms with Gasteiger partial charge in [0.1, 0.15) is 17.0 Å². The van der Waals surface area contributed by atoms with E-state index in [1.54, 1.807) is 17.7 Å². The molecule has 0 amide bonds. The summed E-state index contributed by atoms with van der Waals surface area (Å²) in [6, 6.07) is 2.13. The van der Waals surface area contributed by atoms with E-state index in [4.69, 9.17) is 5.73 Å². The van der Waals surface area contributed by atoms with Crippen LogP contribution in [0.4, 0.5) is 5.82 Å². The molecule has 2 rings (SSSR count). The number of nitrogens with zero attached hydrogens (tertiary/aromatic N) is 2. The molecule has 0 saturated heterocycles. The third kappa shape index (κ3) is 2.33. The Hall–Kier alpha value is -1.20. The number of nitrogens with two attached hydrogens (primary N) is 1. The maximum atomic E-state index is 5.92. The van der Waals surface area contributed by atoms with Gasteiger partial charge in [0.25, 0.3) is 0 Å². The van der Waals surface area contributed by atoms with Crippen LogP contribution in [0.3, 0.4) is 0 Å². The van der Waals surface area contributed by atoms with Crippen LogP contribution >= 0.6 is 11.3 Å². The fourth-order valence-electron chi connectivity index (χ4n) is 2.09. The van der Waals surface area contributed by atoms with E-state index in [1.165, 1.54) is 4.88 Å². The lowest BCUT2D eigenvalue weighted by Gasteiger charge is -2.32. The summed E-state index contributed by atoms with van der Waals surface area (Å²) in [5.74, 6) is 0.901. The summed E-state index contributed by atoms with van der Waals surface area (Å²) >= 11 is 1.69. The topological polar surface area (TPSA) is 63.8 Å². The smallest absolute Gasteiger partial charge is 0.138 e. The van der Waals surface area contributed by atoms with Gasteiger partial charge in [-0.25, -0.2) is 9.97 Å². The van der Waals surface area contributed by atoms with Crippen LogP contribution in [0.1, 0.15) is 31.6 Å². The minimum absolute atomic E-state index is 0.0723. The minimum atomic E-state index is -0.0723. The van der Waals surface area contributed by atoms with Crippen molar-refractivity contribution < 1.29 is 0 Å². The highest BCUT2D eigenvalue weighted by atomic mass is 32.1. The van der Waals surface area contributed by atoms with Gasteiger partial charge in [-0.2, -0.15) is 0 Å². The second-order valence-corrected chi connectivity index (χ2v) is 5.85. The summed E-state index contributed by atoms with van der Waals surface area (Å²) in [5.41, 5.74) is 5.85. The quantitative estimate of drug-likeness (QED) is 0.871. The first kappa shape index (κ1) is 13.2. The highest BCUT2D eigenvalue weighted by Gasteiger charge is 2.25. The van der Waals surface area contributed by atoms with Crippen molar-refractivity contribution in [2.24, 2.45) is 5.73 Å². The number of aromatic nitrogens is 2. The fourth-order valence-corrected chi connectivity index (χ4v) is 2.94. The number of fused-ring (bicyclic) bond motifs is 1. The van der Waals surface area contributed by atoms with Gasteiger partial charge in [0.15, 0.2) is 0 Å². The standard InChI is InChI=1S/C13H20N4S/c1-4-13(5-2,7-14)17-11-10-6-9(3)18-12(10)16-8-15-11/h6,8H,4-5,7,14H2,1-3H3,(H,15,16,17). The van der Waals surface area contributed by atoms with E-state index in [1.807, 2.05) is 0 Å². The van der Waals surface area contributed by atoms with Crippen LogP contribution in [-0.4, -0.2) is 22.1 Å². The minimum Gasteiger partial charge on any atom is -0.363 e. The second kappa shape index (κ2) is 5.20. The summed E-state index contributed by atoms with van der Waals surface area (Å²) < 4.78 is 0. The lowest BCUT2D eigenvalue weighted by Crippen LogP contribution is -2.44. The molecule has 2 heterocycles. The Bertz CT molecular complexity index is 523. The number of thiophene rings is 1. The molecule has 0 radical (unpaired) electrons. The van der Waals surface area contributed by atoms with Gasteiger partial charge in [-0.05, 0) is 25.8 Å². The summed E-state index contributed by atoms with van der Waals surface area (Å²) in [4.78, 5) is 11.0. The van der Waals surface area contributed by atoms with Crippen molar-refractivity contribution in [3.8, 4) is 0 Å². The Morgan fingerprint density at radius 3 is 2.67 bits per heavy atom. The Labute approximate surface area is 112 Å². The zero-order chi connectivity index (χ0) is 13.2. The lowest BCUT2D eigenvalue weighted by atomic mass is 9.93. The maximum absolute atomic E-state index is 5.92. The molecule has 0 aromatic carbocycles. The first-order valence-electron chi connectivity index (χ1n) is 6.33. The van der Waals surface area contributed by atoms with E-state index < -0.39 is 0 Å².